The van der Waals surface area contributed by atoms with Crippen molar-refractivity contribution in [3.63, 3.8) is 0 Å². The van der Waals surface area contributed by atoms with Crippen molar-refractivity contribution < 1.29 is 38.7 Å². The maximum Gasteiger partial charge on any atom is 0.281 e. The molecule has 0 radical (unpaired) electrons. The molecule has 4 heterocycles. The Balaban J connectivity index is 1.05. The zero-order valence-electron chi connectivity index (χ0n) is 30.1. The fourth-order valence-electron chi connectivity index (χ4n) is 7.59. The molecule has 6 atom stereocenters. The second kappa shape index (κ2) is 15.0. The summed E-state index contributed by atoms with van der Waals surface area (Å²) in [6.45, 7) is -0.0402. The van der Waals surface area contributed by atoms with Crippen molar-refractivity contribution >= 4 is 11.2 Å². The van der Waals surface area contributed by atoms with Crippen LogP contribution in [0, 0.1) is 0 Å². The molecular weight excluding hydrogens is 709 g/mol. The highest BCUT2D eigenvalue weighted by molar-refractivity contribution is 5.69. The summed E-state index contributed by atoms with van der Waals surface area (Å²) in [5, 5.41) is 32.8. The van der Waals surface area contributed by atoms with E-state index in [1.54, 1.807) is 38.5 Å². The van der Waals surface area contributed by atoms with Gasteiger partial charge in [0.2, 0.25) is 0 Å². The van der Waals surface area contributed by atoms with Gasteiger partial charge in [0, 0.05) is 24.2 Å². The Labute approximate surface area is 315 Å². The fraction of sp³-hybridized carbons (Fsp3) is 0.293. The topological polar surface area (TPSA) is 154 Å². The van der Waals surface area contributed by atoms with Crippen LogP contribution in [0.2, 0.25) is 0 Å². The van der Waals surface area contributed by atoms with Gasteiger partial charge in [0.05, 0.1) is 27.2 Å². The van der Waals surface area contributed by atoms with Crippen molar-refractivity contribution in [2.75, 3.05) is 27.4 Å². The quantitative estimate of drug-likeness (QED) is 0.154. The van der Waals surface area contributed by atoms with Gasteiger partial charge in [0.15, 0.2) is 23.6 Å². The van der Waals surface area contributed by atoms with Gasteiger partial charge in [-0.05, 0) is 41.0 Å². The lowest BCUT2D eigenvalue weighted by molar-refractivity contribution is -0.0894. The Bertz CT molecular complexity index is 2240. The van der Waals surface area contributed by atoms with Crippen LogP contribution in [0.15, 0.2) is 121 Å². The second-order valence-corrected chi connectivity index (χ2v) is 13.5. The van der Waals surface area contributed by atoms with E-state index < -0.39 is 48.2 Å². The number of aliphatic hydroxyl groups is 3. The van der Waals surface area contributed by atoms with Crippen LogP contribution >= 0.6 is 0 Å². The molecule has 1 saturated heterocycles. The molecule has 284 valence electrons. The van der Waals surface area contributed by atoms with Gasteiger partial charge in [0.1, 0.15) is 48.1 Å². The number of hydrogen-bond acceptors (Lipinski definition) is 11. The minimum Gasteiger partial charge on any atom is -0.497 e. The molecule has 55 heavy (non-hydrogen) atoms. The highest BCUT2D eigenvalue weighted by Gasteiger charge is 2.48. The number of halogens is 1. The third-order valence-corrected chi connectivity index (χ3v) is 10.5. The van der Waals surface area contributed by atoms with Crippen molar-refractivity contribution in [3.05, 3.63) is 154 Å². The van der Waals surface area contributed by atoms with Crippen molar-refractivity contribution in [1.29, 1.82) is 0 Å². The van der Waals surface area contributed by atoms with E-state index in [2.05, 4.69) is 9.97 Å². The summed E-state index contributed by atoms with van der Waals surface area (Å²) in [6.07, 6.45) is -5.45. The lowest BCUT2D eigenvalue weighted by Crippen LogP contribution is -2.38. The van der Waals surface area contributed by atoms with E-state index in [9.17, 15) is 20.1 Å². The predicted octanol–water partition coefficient (Wildman–Crippen LogP) is 4.21. The molecule has 0 amide bonds. The Morgan fingerprint density at radius 2 is 1.31 bits per heavy atom. The van der Waals surface area contributed by atoms with Crippen LogP contribution in [0.5, 0.6) is 11.5 Å². The van der Waals surface area contributed by atoms with Gasteiger partial charge in [-0.1, -0.05) is 78.9 Å². The standard InChI is InChI=1S/C41H40FN5O8/c1-52-28-16-12-26(13-17-28)41(25-8-4-3-5-9-25,27-14-18-29(53-2)19-15-27)54-22-32-33(42)35(48)40(55-32)47-24-43-34-36(47)44-23-45(39(34)51)20-21-46-37(49)30-10-6-7-11-31(30)38(46)50/h3-19,23-24,32-33,35,37-38,40,48-50H,20-22H2,1-2H3/t32-,33-,35-,37?,38?,40-/m1/s1. The Kier molecular flexibility index (Phi) is 9.94. The molecule has 0 aliphatic carbocycles. The molecule has 6 aromatic rings. The summed E-state index contributed by atoms with van der Waals surface area (Å²) < 4.78 is 42.6. The van der Waals surface area contributed by atoms with Crippen LogP contribution in [0.1, 0.15) is 46.5 Å². The average molecular weight is 750 g/mol. The van der Waals surface area contributed by atoms with Crippen LogP contribution in [-0.4, -0.2) is 85.1 Å². The lowest BCUT2D eigenvalue weighted by Gasteiger charge is -2.37. The first kappa shape index (κ1) is 36.5. The van der Waals surface area contributed by atoms with Crippen molar-refractivity contribution in [3.8, 4) is 11.5 Å². The average Bonchev–Trinajstić information content (AvgIpc) is 3.86. The van der Waals surface area contributed by atoms with Gasteiger partial charge < -0.3 is 34.3 Å². The van der Waals surface area contributed by atoms with Gasteiger partial charge in [-0.3, -0.25) is 13.9 Å². The number of rotatable bonds is 12. The summed E-state index contributed by atoms with van der Waals surface area (Å²) in [5.41, 5.74) is 1.83. The zero-order valence-corrected chi connectivity index (χ0v) is 30.1. The van der Waals surface area contributed by atoms with Crippen LogP contribution in [0.4, 0.5) is 4.39 Å². The predicted molar refractivity (Wildman–Crippen MR) is 198 cm³/mol. The number of benzene rings is 4. The number of fused-ring (bicyclic) bond motifs is 2. The number of imidazole rings is 1. The number of ether oxygens (including phenoxy) is 4. The first-order valence-corrected chi connectivity index (χ1v) is 17.8. The monoisotopic (exact) mass is 749 g/mol. The van der Waals surface area contributed by atoms with E-state index in [0.717, 1.165) is 16.7 Å². The normalized spacial score (nSPS) is 22.6. The maximum atomic E-state index is 16.1. The Hall–Kier alpha value is -5.48. The molecule has 3 N–H and O–H groups in total. The van der Waals surface area contributed by atoms with E-state index in [0.29, 0.717) is 22.6 Å². The number of aliphatic hydroxyl groups excluding tert-OH is 3. The van der Waals surface area contributed by atoms with Gasteiger partial charge in [-0.25, -0.2) is 19.3 Å². The molecule has 1 fully saturated rings. The number of methoxy groups -OCH3 is 2. The molecule has 8 rings (SSSR count). The van der Waals surface area contributed by atoms with Crippen LogP contribution in [0.25, 0.3) is 11.2 Å². The summed E-state index contributed by atoms with van der Waals surface area (Å²) in [6, 6.07) is 31.5. The molecule has 2 aliphatic rings. The first-order chi connectivity index (χ1) is 26.7. The maximum absolute atomic E-state index is 16.1. The van der Waals surface area contributed by atoms with Crippen LogP contribution in [-0.2, 0) is 21.6 Å². The molecule has 4 aromatic carbocycles. The van der Waals surface area contributed by atoms with Crippen molar-refractivity contribution in [2.45, 2.75) is 49.2 Å². The molecular formula is C41H40FN5O8. The van der Waals surface area contributed by atoms with Gasteiger partial charge >= 0.3 is 0 Å². The number of alkyl halides is 1. The fourth-order valence-corrected chi connectivity index (χ4v) is 7.59. The Morgan fingerprint density at radius 1 is 0.745 bits per heavy atom. The zero-order chi connectivity index (χ0) is 38.3. The van der Waals surface area contributed by atoms with Crippen LogP contribution in [0.3, 0.4) is 0 Å². The molecule has 14 heteroatoms. The second-order valence-electron chi connectivity index (χ2n) is 13.5. The smallest absolute Gasteiger partial charge is 0.281 e. The van der Waals surface area contributed by atoms with Crippen LogP contribution < -0.4 is 15.0 Å². The molecule has 0 saturated carbocycles. The highest BCUT2D eigenvalue weighted by Crippen LogP contribution is 2.43. The SMILES string of the molecule is COc1ccc(C(OC[C@H]2O[C@@H](n3cnc4c(=O)n(CCN5C(O)c6ccccc6C5O)cnc43)[C@H](O)[C@@H]2F)(c2ccccc2)c2ccc(OC)cc2)cc1. The van der Waals surface area contributed by atoms with Gasteiger partial charge in [-0.2, -0.15) is 0 Å². The molecule has 0 bridgehead atoms. The summed E-state index contributed by atoms with van der Waals surface area (Å²) in [4.78, 5) is 23.7. The van der Waals surface area contributed by atoms with Gasteiger partial charge in [-0.15, -0.1) is 0 Å². The van der Waals surface area contributed by atoms with Crippen molar-refractivity contribution in [2.24, 2.45) is 0 Å². The van der Waals surface area contributed by atoms with E-state index in [1.165, 1.54) is 26.7 Å². The number of aromatic nitrogens is 4. The van der Waals surface area contributed by atoms with E-state index >= 15 is 4.39 Å². The van der Waals surface area contributed by atoms with Crippen molar-refractivity contribution in [1.82, 2.24) is 24.0 Å². The van der Waals surface area contributed by atoms with E-state index in [1.807, 2.05) is 78.9 Å². The molecule has 2 unspecified atom stereocenters. The summed E-state index contributed by atoms with van der Waals surface area (Å²) >= 11 is 0. The Morgan fingerprint density at radius 3 is 1.89 bits per heavy atom. The first-order valence-electron chi connectivity index (χ1n) is 17.8. The highest BCUT2D eigenvalue weighted by atomic mass is 19.1. The van der Waals surface area contributed by atoms with Gasteiger partial charge in [0.25, 0.3) is 5.56 Å². The van der Waals surface area contributed by atoms with E-state index in [-0.39, 0.29) is 30.9 Å². The number of hydrogen-bond donors (Lipinski definition) is 3. The third kappa shape index (κ3) is 6.36. The lowest BCUT2D eigenvalue weighted by atomic mass is 9.80. The summed E-state index contributed by atoms with van der Waals surface area (Å²) in [7, 11) is 3.17. The molecule has 13 nitrogen and oxygen atoms in total. The molecule has 2 aliphatic heterocycles. The molecule has 2 aromatic heterocycles. The third-order valence-electron chi connectivity index (χ3n) is 10.5. The minimum absolute atomic E-state index is 0.0127. The van der Waals surface area contributed by atoms with E-state index in [4.69, 9.17) is 18.9 Å². The summed E-state index contributed by atoms with van der Waals surface area (Å²) in [5.74, 6) is 1.30. The number of nitrogens with zero attached hydrogens (tertiary/aromatic N) is 5. The molecule has 0 spiro atoms. The largest absolute Gasteiger partial charge is 0.497 e. The minimum atomic E-state index is -1.87.